The van der Waals surface area contributed by atoms with Crippen molar-refractivity contribution in [2.45, 2.75) is 92.4 Å². The highest BCUT2D eigenvalue weighted by atomic mass is 14.1. The standard InChI is InChI=1S/C20H38/c1-7-18(4)12-9-14-20(6)16-10-15-19(5)13-8-11-17(2)3/h1,17-20H,8-16H2,2-6H3. The predicted octanol–water partition coefficient (Wildman–Crippen LogP) is 6.69. The fourth-order valence-corrected chi connectivity index (χ4v) is 2.83. The van der Waals surface area contributed by atoms with E-state index in [9.17, 15) is 0 Å². The van der Waals surface area contributed by atoms with Gasteiger partial charge in [0, 0.05) is 5.92 Å². The summed E-state index contributed by atoms with van der Waals surface area (Å²) in [4.78, 5) is 0. The van der Waals surface area contributed by atoms with Gasteiger partial charge in [-0.3, -0.25) is 0 Å². The van der Waals surface area contributed by atoms with Crippen LogP contribution >= 0.6 is 0 Å². The minimum Gasteiger partial charge on any atom is -0.120 e. The zero-order valence-corrected chi connectivity index (χ0v) is 14.8. The molecule has 0 aliphatic carbocycles. The fraction of sp³-hybridized carbons (Fsp3) is 0.900. The third-order valence-electron chi connectivity index (χ3n) is 4.49. The second-order valence-electron chi connectivity index (χ2n) is 7.46. The third kappa shape index (κ3) is 12.6. The monoisotopic (exact) mass is 278 g/mol. The molecule has 0 radical (unpaired) electrons. The Hall–Kier alpha value is -0.440. The summed E-state index contributed by atoms with van der Waals surface area (Å²) in [6.45, 7) is 11.6. The molecule has 0 heterocycles. The number of hydrogen-bond acceptors (Lipinski definition) is 0. The van der Waals surface area contributed by atoms with Crippen molar-refractivity contribution in [1.82, 2.24) is 0 Å². The fourth-order valence-electron chi connectivity index (χ4n) is 2.83. The third-order valence-corrected chi connectivity index (χ3v) is 4.49. The van der Waals surface area contributed by atoms with Crippen LogP contribution < -0.4 is 0 Å². The van der Waals surface area contributed by atoms with Gasteiger partial charge in [0.05, 0.1) is 0 Å². The van der Waals surface area contributed by atoms with E-state index in [1.807, 2.05) is 0 Å². The molecule has 20 heavy (non-hydrogen) atoms. The Labute approximate surface area is 129 Å². The van der Waals surface area contributed by atoms with E-state index in [1.54, 1.807) is 0 Å². The normalized spacial score (nSPS) is 15.8. The molecule has 0 saturated heterocycles. The summed E-state index contributed by atoms with van der Waals surface area (Å²) in [5.74, 6) is 5.95. The topological polar surface area (TPSA) is 0 Å². The van der Waals surface area contributed by atoms with E-state index >= 15 is 0 Å². The lowest BCUT2D eigenvalue weighted by atomic mass is 9.91. The minimum absolute atomic E-state index is 0.461. The van der Waals surface area contributed by atoms with Crippen molar-refractivity contribution in [2.75, 3.05) is 0 Å². The van der Waals surface area contributed by atoms with Crippen LogP contribution in [0, 0.1) is 36.0 Å². The van der Waals surface area contributed by atoms with Crippen LogP contribution in [-0.2, 0) is 0 Å². The quantitative estimate of drug-likeness (QED) is 0.349. The van der Waals surface area contributed by atoms with Crippen LogP contribution in [0.15, 0.2) is 0 Å². The zero-order chi connectivity index (χ0) is 15.4. The van der Waals surface area contributed by atoms with Crippen molar-refractivity contribution in [3.8, 4) is 12.3 Å². The lowest BCUT2D eigenvalue weighted by Crippen LogP contribution is -2.01. The van der Waals surface area contributed by atoms with Gasteiger partial charge in [-0.1, -0.05) is 86.0 Å². The molecule has 0 aromatic rings. The Morgan fingerprint density at radius 3 is 1.45 bits per heavy atom. The second-order valence-corrected chi connectivity index (χ2v) is 7.46. The van der Waals surface area contributed by atoms with Crippen LogP contribution in [0.25, 0.3) is 0 Å². The van der Waals surface area contributed by atoms with E-state index < -0.39 is 0 Å². The lowest BCUT2D eigenvalue weighted by molar-refractivity contribution is 0.384. The van der Waals surface area contributed by atoms with Crippen molar-refractivity contribution in [3.63, 3.8) is 0 Å². The van der Waals surface area contributed by atoms with E-state index in [2.05, 4.69) is 40.5 Å². The van der Waals surface area contributed by atoms with Gasteiger partial charge >= 0.3 is 0 Å². The van der Waals surface area contributed by atoms with Crippen LogP contribution in [0.1, 0.15) is 92.4 Å². The van der Waals surface area contributed by atoms with Gasteiger partial charge < -0.3 is 0 Å². The highest BCUT2D eigenvalue weighted by Crippen LogP contribution is 2.21. The average Bonchev–Trinajstić information content (AvgIpc) is 2.38. The molecular formula is C20H38. The van der Waals surface area contributed by atoms with Gasteiger partial charge in [0.25, 0.3) is 0 Å². The van der Waals surface area contributed by atoms with E-state index in [4.69, 9.17) is 6.42 Å². The molecule has 0 nitrogen and oxygen atoms in total. The van der Waals surface area contributed by atoms with Crippen molar-refractivity contribution in [2.24, 2.45) is 23.7 Å². The Morgan fingerprint density at radius 2 is 1.05 bits per heavy atom. The summed E-state index contributed by atoms with van der Waals surface area (Å²) in [5, 5.41) is 0. The number of rotatable bonds is 12. The largest absolute Gasteiger partial charge is 0.120 e. The van der Waals surface area contributed by atoms with Gasteiger partial charge in [0.2, 0.25) is 0 Å². The molecule has 0 spiro atoms. The molecule has 0 bridgehead atoms. The average molecular weight is 279 g/mol. The predicted molar refractivity (Wildman–Crippen MR) is 92.7 cm³/mol. The first kappa shape index (κ1) is 19.6. The zero-order valence-electron chi connectivity index (χ0n) is 14.8. The molecule has 0 aliphatic rings. The van der Waals surface area contributed by atoms with Gasteiger partial charge in [-0.2, -0.15) is 0 Å². The van der Waals surface area contributed by atoms with Crippen molar-refractivity contribution < 1.29 is 0 Å². The molecule has 0 aromatic carbocycles. The molecule has 3 unspecified atom stereocenters. The van der Waals surface area contributed by atoms with Gasteiger partial charge in [0.1, 0.15) is 0 Å². The van der Waals surface area contributed by atoms with Crippen LogP contribution in [0.2, 0.25) is 0 Å². The highest BCUT2D eigenvalue weighted by Gasteiger charge is 2.07. The Morgan fingerprint density at radius 1 is 0.650 bits per heavy atom. The van der Waals surface area contributed by atoms with Crippen molar-refractivity contribution in [3.05, 3.63) is 0 Å². The first-order valence-electron chi connectivity index (χ1n) is 8.91. The van der Waals surface area contributed by atoms with Gasteiger partial charge in [-0.05, 0) is 24.2 Å². The maximum Gasteiger partial charge on any atom is 0.0171 e. The molecule has 0 aromatic heterocycles. The Balaban J connectivity index is 3.46. The van der Waals surface area contributed by atoms with E-state index in [1.165, 1.54) is 57.8 Å². The molecule has 3 atom stereocenters. The maximum atomic E-state index is 5.41. The lowest BCUT2D eigenvalue weighted by Gasteiger charge is -2.15. The summed E-state index contributed by atoms with van der Waals surface area (Å²) < 4.78 is 0. The minimum atomic E-state index is 0.461. The molecule has 118 valence electrons. The molecule has 0 aliphatic heterocycles. The SMILES string of the molecule is C#CC(C)CCCC(C)CCCC(C)CCCC(C)C. The summed E-state index contributed by atoms with van der Waals surface area (Å²) in [7, 11) is 0. The number of terminal acetylenes is 1. The van der Waals surface area contributed by atoms with Crippen LogP contribution in [-0.4, -0.2) is 0 Å². The molecule has 0 heteroatoms. The molecule has 0 amide bonds. The first-order valence-corrected chi connectivity index (χ1v) is 8.91. The summed E-state index contributed by atoms with van der Waals surface area (Å²) in [5.41, 5.74) is 0. The van der Waals surface area contributed by atoms with Crippen LogP contribution in [0.5, 0.6) is 0 Å². The Bertz CT molecular complexity index is 245. The molecular weight excluding hydrogens is 240 g/mol. The Kier molecular flexibility index (Phi) is 12.0. The van der Waals surface area contributed by atoms with Crippen LogP contribution in [0.3, 0.4) is 0 Å². The summed E-state index contributed by atoms with van der Waals surface area (Å²) >= 11 is 0. The van der Waals surface area contributed by atoms with Gasteiger partial charge in [0.15, 0.2) is 0 Å². The van der Waals surface area contributed by atoms with E-state index in [-0.39, 0.29) is 0 Å². The van der Waals surface area contributed by atoms with Crippen molar-refractivity contribution in [1.29, 1.82) is 0 Å². The van der Waals surface area contributed by atoms with Crippen molar-refractivity contribution >= 4 is 0 Å². The number of hydrogen-bond donors (Lipinski definition) is 0. The van der Waals surface area contributed by atoms with Crippen LogP contribution in [0.4, 0.5) is 0 Å². The molecule has 0 N–H and O–H groups in total. The second kappa shape index (κ2) is 12.3. The first-order chi connectivity index (χ1) is 9.45. The highest BCUT2D eigenvalue weighted by molar-refractivity contribution is 4.89. The van der Waals surface area contributed by atoms with Gasteiger partial charge in [-0.15, -0.1) is 12.3 Å². The van der Waals surface area contributed by atoms with E-state index in [0.29, 0.717) is 5.92 Å². The van der Waals surface area contributed by atoms with E-state index in [0.717, 1.165) is 17.8 Å². The molecule has 0 saturated carbocycles. The smallest absolute Gasteiger partial charge is 0.0171 e. The molecule has 0 rings (SSSR count). The van der Waals surface area contributed by atoms with Gasteiger partial charge in [-0.25, -0.2) is 0 Å². The summed E-state index contributed by atoms with van der Waals surface area (Å²) in [6.07, 6.45) is 17.7. The summed E-state index contributed by atoms with van der Waals surface area (Å²) in [6, 6.07) is 0. The maximum absolute atomic E-state index is 5.41. The molecule has 0 fully saturated rings.